The Morgan fingerprint density at radius 1 is 0.803 bits per heavy atom. The highest BCUT2D eigenvalue weighted by Crippen LogP contribution is 2.36. The highest BCUT2D eigenvalue weighted by molar-refractivity contribution is 7.98. The number of thioether (sulfide) groups is 1. The van der Waals surface area contributed by atoms with Gasteiger partial charge in [-0.3, -0.25) is 47.9 Å². The molecule has 1 aliphatic rings. The third-order valence-electron chi connectivity index (χ3n) is 11.6. The molecular formula is C48H65ClN10O11S. The van der Waals surface area contributed by atoms with Gasteiger partial charge in [-0.05, 0) is 87.1 Å². The summed E-state index contributed by atoms with van der Waals surface area (Å²) in [6, 6.07) is 7.90. The minimum Gasteiger partial charge on any atom is -0.481 e. The van der Waals surface area contributed by atoms with Crippen molar-refractivity contribution in [2.24, 2.45) is 11.7 Å². The zero-order valence-electron chi connectivity index (χ0n) is 40.6. The second-order valence-corrected chi connectivity index (χ2v) is 20.0. The number of aliphatic carboxylic acids is 1. The fourth-order valence-electron chi connectivity index (χ4n) is 7.60. The number of hydrogen-bond donors (Lipinski definition) is 11. The van der Waals surface area contributed by atoms with Crippen molar-refractivity contribution in [1.82, 2.24) is 47.5 Å². The van der Waals surface area contributed by atoms with Crippen molar-refractivity contribution < 1.29 is 53.1 Å². The number of amides is 9. The van der Waals surface area contributed by atoms with Gasteiger partial charge in [0.2, 0.25) is 53.2 Å². The molecule has 0 bridgehead atoms. The van der Waals surface area contributed by atoms with Crippen LogP contribution in [0.5, 0.6) is 0 Å². The number of halogens is 1. The number of nitrogens with one attached hydrogen (secondary N) is 9. The normalized spacial score (nSPS) is 14.9. The standard InChI is InChI=1S/C48H65ClN10O11S/c1-26(2)20-35(40(50)64)57-46(70)48(17-18-48)59-44(68)32(14-15-39(62)63)55-42(66)37(22-29-24-51-34-23-30(49)12-13-31(29)34)54-38(61)25-52-45(69)47(4,5)58-43(67)33(16-19-71-6)56-41(65)36(53-27(3)60)21-28-10-8-7-9-11-28/h7-13,23-24,26,32-33,35-37,51H,14-22,25H2,1-6H3,(H2,50,64)(H,52,69)(H,53,60)(H,54,61)(H,55,66)(H,56,65)(H,57,70)(H,58,67)(H,59,68)(H,62,63)/t32-,33-,35-,36-,37-/m0/s1. The molecule has 386 valence electrons. The summed E-state index contributed by atoms with van der Waals surface area (Å²) in [7, 11) is 0. The second kappa shape index (κ2) is 26.0. The number of benzene rings is 2. The van der Waals surface area contributed by atoms with E-state index < -0.39 is 120 Å². The molecule has 12 N–H and O–H groups in total. The number of carbonyl (C=O) groups excluding carboxylic acids is 9. The van der Waals surface area contributed by atoms with Gasteiger partial charge in [0.1, 0.15) is 41.3 Å². The third-order valence-corrected chi connectivity index (χ3v) is 12.5. The second-order valence-electron chi connectivity index (χ2n) is 18.5. The van der Waals surface area contributed by atoms with Crippen molar-refractivity contribution in [3.8, 4) is 0 Å². The number of aromatic amines is 1. The van der Waals surface area contributed by atoms with Gasteiger partial charge in [-0.15, -0.1) is 0 Å². The first-order valence-corrected chi connectivity index (χ1v) is 24.9. The average Bonchev–Trinajstić information content (AvgIpc) is 3.98. The summed E-state index contributed by atoms with van der Waals surface area (Å²) in [5.41, 5.74) is 4.35. The Balaban J connectivity index is 1.49. The molecule has 4 rings (SSSR count). The number of nitrogens with two attached hydrogens (primary N) is 1. The summed E-state index contributed by atoms with van der Waals surface area (Å²) in [4.78, 5) is 135. The molecule has 3 aromatic rings. The molecule has 0 spiro atoms. The number of rotatable bonds is 28. The van der Waals surface area contributed by atoms with E-state index in [2.05, 4.69) is 47.5 Å². The SMILES string of the molecule is CSCC[C@H](NC(=O)[C@H](Cc1ccccc1)NC(C)=O)C(=O)NC(C)(C)C(=O)NCC(=O)N[C@@H](Cc1c[nH]c2cc(Cl)ccc12)C(=O)N[C@@H](CCC(=O)O)C(=O)NC1(C(=O)N[C@@H](CC(C)C)C(N)=O)CC1. The van der Waals surface area contributed by atoms with E-state index in [-0.39, 0.29) is 44.4 Å². The molecule has 21 nitrogen and oxygen atoms in total. The Bertz CT molecular complexity index is 2450. The van der Waals surface area contributed by atoms with Gasteiger partial charge in [0, 0.05) is 48.3 Å². The minimum absolute atomic E-state index is 0.00185. The highest BCUT2D eigenvalue weighted by Gasteiger charge is 2.52. The summed E-state index contributed by atoms with van der Waals surface area (Å²) in [6.45, 7) is 7.04. The van der Waals surface area contributed by atoms with Crippen molar-refractivity contribution in [3.63, 3.8) is 0 Å². The first kappa shape index (κ1) is 56.9. The van der Waals surface area contributed by atoms with Crippen molar-refractivity contribution in [2.45, 2.75) is 127 Å². The van der Waals surface area contributed by atoms with E-state index in [4.69, 9.17) is 17.3 Å². The number of carboxylic acid groups (broad SMARTS) is 1. The van der Waals surface area contributed by atoms with E-state index in [1.54, 1.807) is 48.7 Å². The van der Waals surface area contributed by atoms with Crippen LogP contribution in [0, 0.1) is 5.92 Å². The number of hydrogen-bond acceptors (Lipinski definition) is 11. The summed E-state index contributed by atoms with van der Waals surface area (Å²) >= 11 is 7.62. The largest absolute Gasteiger partial charge is 0.481 e. The van der Waals surface area contributed by atoms with Gasteiger partial charge >= 0.3 is 5.97 Å². The molecule has 0 saturated heterocycles. The average molecular weight is 1030 g/mol. The summed E-state index contributed by atoms with van der Waals surface area (Å²) < 4.78 is 0. The molecule has 2 aromatic carbocycles. The molecule has 1 aromatic heterocycles. The predicted molar refractivity (Wildman–Crippen MR) is 266 cm³/mol. The molecule has 0 aliphatic heterocycles. The topological polar surface area (TPSA) is 329 Å². The first-order chi connectivity index (χ1) is 33.4. The van der Waals surface area contributed by atoms with E-state index in [9.17, 15) is 53.1 Å². The third kappa shape index (κ3) is 17.6. The van der Waals surface area contributed by atoms with E-state index in [1.807, 2.05) is 26.2 Å². The molecule has 1 aliphatic carbocycles. The van der Waals surface area contributed by atoms with Gasteiger partial charge in [0.25, 0.3) is 0 Å². The number of aromatic nitrogens is 1. The maximum atomic E-state index is 14.2. The van der Waals surface area contributed by atoms with Gasteiger partial charge in [0.15, 0.2) is 0 Å². The van der Waals surface area contributed by atoms with Crippen LogP contribution < -0.4 is 48.3 Å². The maximum Gasteiger partial charge on any atom is 0.303 e. The van der Waals surface area contributed by atoms with Crippen molar-refractivity contribution in [3.05, 3.63) is 70.9 Å². The molecule has 0 radical (unpaired) electrons. The number of fused-ring (bicyclic) bond motifs is 1. The number of carboxylic acids is 1. The molecule has 5 atom stereocenters. The monoisotopic (exact) mass is 1020 g/mol. The maximum absolute atomic E-state index is 14.2. The smallest absolute Gasteiger partial charge is 0.303 e. The van der Waals surface area contributed by atoms with Crippen LogP contribution in [0.3, 0.4) is 0 Å². The zero-order valence-corrected chi connectivity index (χ0v) is 42.2. The van der Waals surface area contributed by atoms with Crippen LogP contribution in [0.25, 0.3) is 10.9 Å². The van der Waals surface area contributed by atoms with Crippen molar-refractivity contribution in [2.75, 3.05) is 18.6 Å². The number of H-pyrrole nitrogens is 1. The van der Waals surface area contributed by atoms with Gasteiger partial charge < -0.3 is 58.4 Å². The van der Waals surface area contributed by atoms with Crippen molar-refractivity contribution >= 4 is 93.4 Å². The lowest BCUT2D eigenvalue weighted by molar-refractivity contribution is -0.138. The lowest BCUT2D eigenvalue weighted by Gasteiger charge is -2.29. The zero-order chi connectivity index (χ0) is 52.6. The summed E-state index contributed by atoms with van der Waals surface area (Å²) in [5.74, 6) is -7.47. The van der Waals surface area contributed by atoms with E-state index >= 15 is 0 Å². The van der Waals surface area contributed by atoms with Crippen LogP contribution in [-0.2, 0) is 60.8 Å². The fraction of sp³-hybridized carbons (Fsp3) is 0.500. The summed E-state index contributed by atoms with van der Waals surface area (Å²) in [6.07, 6.45) is 3.23. The quantitative estimate of drug-likeness (QED) is 0.0483. The minimum atomic E-state index is -1.65. The Labute approximate surface area is 420 Å². The first-order valence-electron chi connectivity index (χ1n) is 23.1. The van der Waals surface area contributed by atoms with Gasteiger partial charge in [-0.2, -0.15) is 11.8 Å². The van der Waals surface area contributed by atoms with Crippen LogP contribution in [0.1, 0.15) is 84.3 Å². The Morgan fingerprint density at radius 3 is 2.01 bits per heavy atom. The Hall–Kier alpha value is -6.68. The molecular weight excluding hydrogens is 960 g/mol. The molecule has 9 amide bonds. The van der Waals surface area contributed by atoms with Crippen LogP contribution in [0.15, 0.2) is 54.7 Å². The molecule has 71 heavy (non-hydrogen) atoms. The lowest BCUT2D eigenvalue weighted by Crippen LogP contribution is -2.61. The fourth-order valence-corrected chi connectivity index (χ4v) is 8.24. The molecule has 1 heterocycles. The molecule has 0 unspecified atom stereocenters. The number of carbonyl (C=O) groups is 10. The van der Waals surface area contributed by atoms with Gasteiger partial charge in [-0.25, -0.2) is 0 Å². The lowest BCUT2D eigenvalue weighted by atomic mass is 10.0. The van der Waals surface area contributed by atoms with Crippen LogP contribution in [0.4, 0.5) is 0 Å². The van der Waals surface area contributed by atoms with E-state index in [0.717, 1.165) is 5.56 Å². The van der Waals surface area contributed by atoms with Crippen LogP contribution >= 0.6 is 23.4 Å². The Morgan fingerprint density at radius 2 is 1.44 bits per heavy atom. The van der Waals surface area contributed by atoms with Crippen LogP contribution in [-0.4, -0.2) is 129 Å². The van der Waals surface area contributed by atoms with E-state index in [1.165, 1.54) is 32.5 Å². The molecule has 1 saturated carbocycles. The van der Waals surface area contributed by atoms with Crippen LogP contribution in [0.2, 0.25) is 5.02 Å². The molecule has 1 fully saturated rings. The predicted octanol–water partition coefficient (Wildman–Crippen LogP) is 0.860. The van der Waals surface area contributed by atoms with E-state index in [0.29, 0.717) is 27.2 Å². The summed E-state index contributed by atoms with van der Waals surface area (Å²) in [5, 5.41) is 31.4. The Kier molecular flexibility index (Phi) is 20.8. The van der Waals surface area contributed by atoms with Gasteiger partial charge in [0.05, 0.1) is 6.54 Å². The highest BCUT2D eigenvalue weighted by atomic mass is 35.5. The van der Waals surface area contributed by atoms with Crippen molar-refractivity contribution in [1.29, 1.82) is 0 Å². The number of primary amides is 1. The van der Waals surface area contributed by atoms with Gasteiger partial charge in [-0.1, -0.05) is 61.8 Å². The molecule has 23 heteroatoms.